The third-order valence-electron chi connectivity index (χ3n) is 4.43. The molecule has 0 spiro atoms. The minimum absolute atomic E-state index is 0.0208. The molecule has 146 valence electrons. The highest BCUT2D eigenvalue weighted by atomic mass is 35.5. The van der Waals surface area contributed by atoms with Crippen LogP contribution in [0, 0.1) is 6.92 Å². The molecule has 4 amide bonds. The van der Waals surface area contributed by atoms with E-state index in [4.69, 9.17) is 11.6 Å². The van der Waals surface area contributed by atoms with Gasteiger partial charge in [0.2, 0.25) is 5.91 Å². The Morgan fingerprint density at radius 2 is 2.14 bits per heavy atom. The summed E-state index contributed by atoms with van der Waals surface area (Å²) in [5.74, 6) is -0.791. The summed E-state index contributed by atoms with van der Waals surface area (Å²) in [5, 5.41) is 7.65. The predicted octanol–water partition coefficient (Wildman–Crippen LogP) is 2.37. The average molecular weight is 402 g/mol. The average Bonchev–Trinajstić information content (AvgIpc) is 2.82. The van der Waals surface area contributed by atoms with E-state index in [1.165, 1.54) is 6.21 Å². The van der Waals surface area contributed by atoms with Crippen LogP contribution >= 0.6 is 11.6 Å². The van der Waals surface area contributed by atoms with Crippen molar-refractivity contribution in [1.29, 1.82) is 0 Å². The van der Waals surface area contributed by atoms with Crippen LogP contribution in [0.15, 0.2) is 29.4 Å². The van der Waals surface area contributed by atoms with Crippen LogP contribution < -0.4 is 10.7 Å². The van der Waals surface area contributed by atoms with Crippen molar-refractivity contribution in [3.63, 3.8) is 0 Å². The molecule has 0 atom stereocenters. The SMILES string of the molecule is Cc1cccc2cc(/C=N\NC(=O)CCN3C(=O)NC(C)(C)C3=O)c(Cl)nc12. The van der Waals surface area contributed by atoms with E-state index >= 15 is 0 Å². The number of pyridine rings is 1. The summed E-state index contributed by atoms with van der Waals surface area (Å²) in [6.07, 6.45) is 1.35. The zero-order chi connectivity index (χ0) is 20.5. The van der Waals surface area contributed by atoms with E-state index in [1.807, 2.05) is 31.2 Å². The summed E-state index contributed by atoms with van der Waals surface area (Å²) >= 11 is 6.19. The van der Waals surface area contributed by atoms with Gasteiger partial charge in [0, 0.05) is 23.9 Å². The maximum Gasteiger partial charge on any atom is 0.325 e. The number of hydrogen-bond donors (Lipinski definition) is 2. The molecule has 0 saturated carbocycles. The number of rotatable bonds is 5. The Morgan fingerprint density at radius 3 is 2.82 bits per heavy atom. The highest BCUT2D eigenvalue weighted by Gasteiger charge is 2.43. The van der Waals surface area contributed by atoms with Crippen molar-refractivity contribution < 1.29 is 14.4 Å². The number of imide groups is 1. The molecule has 0 unspecified atom stereocenters. The van der Waals surface area contributed by atoms with Gasteiger partial charge in [-0.3, -0.25) is 14.5 Å². The number of fused-ring (bicyclic) bond motifs is 1. The maximum atomic E-state index is 12.1. The van der Waals surface area contributed by atoms with E-state index in [0.717, 1.165) is 21.4 Å². The van der Waals surface area contributed by atoms with Gasteiger partial charge in [-0.05, 0) is 32.4 Å². The number of nitrogens with one attached hydrogen (secondary N) is 2. The lowest BCUT2D eigenvalue weighted by molar-refractivity contribution is -0.130. The quantitative estimate of drug-likeness (QED) is 0.347. The molecule has 1 aliphatic heterocycles. The lowest BCUT2D eigenvalue weighted by atomic mass is 10.1. The van der Waals surface area contributed by atoms with Gasteiger partial charge < -0.3 is 5.32 Å². The number of aryl methyl sites for hydroxylation is 1. The summed E-state index contributed by atoms with van der Waals surface area (Å²) in [5.41, 5.74) is 3.80. The largest absolute Gasteiger partial charge is 0.325 e. The van der Waals surface area contributed by atoms with Crippen molar-refractivity contribution in [3.05, 3.63) is 40.5 Å². The molecule has 1 aromatic heterocycles. The Balaban J connectivity index is 1.60. The Kier molecular flexibility index (Phi) is 5.33. The number of urea groups is 1. The van der Waals surface area contributed by atoms with Gasteiger partial charge in [0.25, 0.3) is 5.91 Å². The van der Waals surface area contributed by atoms with Crippen LogP contribution in [0.4, 0.5) is 4.79 Å². The van der Waals surface area contributed by atoms with Crippen molar-refractivity contribution in [1.82, 2.24) is 20.6 Å². The number of benzene rings is 1. The van der Waals surface area contributed by atoms with Crippen LogP contribution in [-0.4, -0.2) is 46.0 Å². The first kappa shape index (κ1) is 19.8. The van der Waals surface area contributed by atoms with Gasteiger partial charge in [0.1, 0.15) is 10.7 Å². The second-order valence-corrected chi connectivity index (χ2v) is 7.43. The number of halogens is 1. The minimum Gasteiger partial charge on any atom is -0.324 e. The number of hydrogen-bond acceptors (Lipinski definition) is 5. The Labute approximate surface area is 166 Å². The maximum absolute atomic E-state index is 12.1. The molecule has 2 heterocycles. The number of aromatic nitrogens is 1. The number of amides is 4. The summed E-state index contributed by atoms with van der Waals surface area (Å²) in [6.45, 7) is 5.15. The first-order chi connectivity index (χ1) is 13.2. The van der Waals surface area contributed by atoms with Crippen molar-refractivity contribution in [2.24, 2.45) is 5.10 Å². The van der Waals surface area contributed by atoms with E-state index in [1.54, 1.807) is 13.8 Å². The van der Waals surface area contributed by atoms with Crippen molar-refractivity contribution >= 4 is 46.6 Å². The molecule has 1 aliphatic rings. The fourth-order valence-corrected chi connectivity index (χ4v) is 3.08. The third kappa shape index (κ3) is 3.96. The van der Waals surface area contributed by atoms with E-state index < -0.39 is 17.5 Å². The molecule has 2 aromatic rings. The first-order valence-corrected chi connectivity index (χ1v) is 9.09. The van der Waals surface area contributed by atoms with Gasteiger partial charge in [-0.2, -0.15) is 5.10 Å². The molecule has 28 heavy (non-hydrogen) atoms. The van der Waals surface area contributed by atoms with Gasteiger partial charge in [-0.15, -0.1) is 0 Å². The third-order valence-corrected chi connectivity index (χ3v) is 4.73. The van der Waals surface area contributed by atoms with Gasteiger partial charge in [0.05, 0.1) is 11.7 Å². The number of hydrazone groups is 1. The molecule has 1 aromatic carbocycles. The lowest BCUT2D eigenvalue weighted by Gasteiger charge is -2.15. The summed E-state index contributed by atoms with van der Waals surface area (Å²) in [6, 6.07) is 7.12. The molecular weight excluding hydrogens is 382 g/mol. The van der Waals surface area contributed by atoms with Crippen molar-refractivity contribution in [2.75, 3.05) is 6.54 Å². The number of para-hydroxylation sites is 1. The second kappa shape index (κ2) is 7.55. The molecule has 1 fully saturated rings. The Morgan fingerprint density at radius 1 is 1.39 bits per heavy atom. The van der Waals surface area contributed by atoms with Crippen LogP contribution in [0.5, 0.6) is 0 Å². The van der Waals surface area contributed by atoms with Gasteiger partial charge >= 0.3 is 6.03 Å². The van der Waals surface area contributed by atoms with Crippen LogP contribution in [0.1, 0.15) is 31.4 Å². The van der Waals surface area contributed by atoms with Crippen molar-refractivity contribution in [2.45, 2.75) is 32.7 Å². The molecule has 9 heteroatoms. The summed E-state index contributed by atoms with van der Waals surface area (Å²) in [7, 11) is 0. The van der Waals surface area contributed by atoms with Crippen molar-refractivity contribution in [3.8, 4) is 0 Å². The van der Waals surface area contributed by atoms with E-state index in [2.05, 4.69) is 20.8 Å². The van der Waals surface area contributed by atoms with E-state index in [0.29, 0.717) is 5.56 Å². The molecule has 0 radical (unpaired) electrons. The zero-order valence-electron chi connectivity index (χ0n) is 15.7. The van der Waals surface area contributed by atoms with Crippen LogP contribution in [0.2, 0.25) is 5.15 Å². The fraction of sp³-hybridized carbons (Fsp3) is 0.316. The lowest BCUT2D eigenvalue weighted by Crippen LogP contribution is -2.40. The zero-order valence-corrected chi connectivity index (χ0v) is 16.5. The molecular formula is C19H20ClN5O3. The highest BCUT2D eigenvalue weighted by Crippen LogP contribution is 2.21. The minimum atomic E-state index is -0.954. The second-order valence-electron chi connectivity index (χ2n) is 7.07. The van der Waals surface area contributed by atoms with Crippen LogP contribution in [0.3, 0.4) is 0 Å². The van der Waals surface area contributed by atoms with Gasteiger partial charge in [-0.1, -0.05) is 29.8 Å². The highest BCUT2D eigenvalue weighted by molar-refractivity contribution is 6.32. The van der Waals surface area contributed by atoms with E-state index in [9.17, 15) is 14.4 Å². The standard InChI is InChI=1S/C19H20ClN5O3/c1-11-5-4-6-12-9-13(16(20)22-15(11)12)10-21-24-14(26)7-8-25-17(27)19(2,3)23-18(25)28/h4-6,9-10H,7-8H2,1-3H3,(H,23,28)(H,24,26)/b21-10-. The van der Waals surface area contributed by atoms with E-state index in [-0.39, 0.29) is 24.0 Å². The van der Waals surface area contributed by atoms with Crippen LogP contribution in [-0.2, 0) is 9.59 Å². The Bertz CT molecular complexity index is 1000. The molecule has 0 bridgehead atoms. The molecule has 1 saturated heterocycles. The Hall–Kier alpha value is -3.00. The molecule has 3 rings (SSSR count). The smallest absolute Gasteiger partial charge is 0.324 e. The van der Waals surface area contributed by atoms with Crippen LogP contribution in [0.25, 0.3) is 10.9 Å². The number of carbonyl (C=O) groups is 3. The molecule has 0 aliphatic carbocycles. The summed E-state index contributed by atoms with van der Waals surface area (Å²) < 4.78 is 0. The first-order valence-electron chi connectivity index (χ1n) is 8.71. The molecule has 2 N–H and O–H groups in total. The normalized spacial score (nSPS) is 16.1. The summed E-state index contributed by atoms with van der Waals surface area (Å²) in [4.78, 5) is 41.2. The number of carbonyl (C=O) groups excluding carboxylic acids is 3. The number of nitrogens with zero attached hydrogens (tertiary/aromatic N) is 3. The monoisotopic (exact) mass is 401 g/mol. The molecule has 8 nitrogen and oxygen atoms in total. The topological polar surface area (TPSA) is 104 Å². The fourth-order valence-electron chi connectivity index (χ4n) is 2.90. The van der Waals surface area contributed by atoms with Gasteiger partial charge in [-0.25, -0.2) is 15.2 Å². The van der Waals surface area contributed by atoms with Gasteiger partial charge in [0.15, 0.2) is 0 Å². The predicted molar refractivity (Wildman–Crippen MR) is 106 cm³/mol.